The van der Waals surface area contributed by atoms with Gasteiger partial charge in [0.1, 0.15) is 0 Å². The van der Waals surface area contributed by atoms with Crippen molar-refractivity contribution in [2.75, 3.05) is 0 Å². The van der Waals surface area contributed by atoms with Crippen LogP contribution >= 0.6 is 0 Å². The number of allylic oxidation sites excluding steroid dienone is 3. The molecular weight excluding hydrogens is 311 g/mol. The van der Waals surface area contributed by atoms with Crippen LogP contribution in [0.25, 0.3) is 17.0 Å². The van der Waals surface area contributed by atoms with E-state index < -0.39 is 22.9 Å². The van der Waals surface area contributed by atoms with E-state index in [4.69, 9.17) is 5.26 Å². The molecule has 2 heterocycles. The molecule has 0 fully saturated rings. The molecule has 0 unspecified atom stereocenters. The monoisotopic (exact) mass is 321 g/mol. The minimum atomic E-state index is -0.532. The van der Waals surface area contributed by atoms with Gasteiger partial charge in [0.15, 0.2) is 0 Å². The van der Waals surface area contributed by atoms with Crippen LogP contribution < -0.4 is 0 Å². The number of hydrogen-bond acceptors (Lipinski definition) is 1. The number of benzene rings is 1. The van der Waals surface area contributed by atoms with Gasteiger partial charge in [0.05, 0.1) is 0 Å². The van der Waals surface area contributed by atoms with Gasteiger partial charge in [-0.05, 0) is 0 Å². The maximum atomic E-state index is 9.10. The van der Waals surface area contributed by atoms with Crippen molar-refractivity contribution >= 4 is 39.9 Å². The van der Waals surface area contributed by atoms with E-state index in [1.54, 1.807) is 4.57 Å². The topological polar surface area (TPSA) is 28.7 Å². The Bertz CT molecular complexity index is 671. The van der Waals surface area contributed by atoms with Crippen molar-refractivity contribution in [2.24, 2.45) is 0 Å². The molecule has 0 spiro atoms. The van der Waals surface area contributed by atoms with E-state index in [9.17, 15) is 0 Å². The third kappa shape index (κ3) is 1.94. The summed E-state index contributed by atoms with van der Waals surface area (Å²) in [7, 11) is 0. The molecule has 1 aliphatic heterocycles. The minimum absolute atomic E-state index is 0.532. The number of hydrogen-bond donors (Lipinski definition) is 0. The Morgan fingerprint density at radius 3 is 3.00 bits per heavy atom. The second-order valence-electron chi connectivity index (χ2n) is 4.06. The number of para-hydroxylation sites is 1. The van der Waals surface area contributed by atoms with Crippen LogP contribution in [0.15, 0.2) is 45.9 Å². The Hall–Kier alpha value is -1.40. The zero-order valence-electron chi connectivity index (χ0n) is 9.30. The summed E-state index contributed by atoms with van der Waals surface area (Å²) in [6.45, 7) is 0. The van der Waals surface area contributed by atoms with Crippen LogP contribution in [0.4, 0.5) is 0 Å². The molecule has 0 N–H and O–H groups in total. The second kappa shape index (κ2) is 4.46. The quantitative estimate of drug-likeness (QED) is 0.794. The molecule has 0 saturated carbocycles. The third-order valence-electron chi connectivity index (χ3n) is 2.97. The third-order valence-corrected chi connectivity index (χ3v) is 6.79. The number of fused-ring (bicyclic) bond motifs is 1. The van der Waals surface area contributed by atoms with Crippen molar-refractivity contribution in [1.29, 1.82) is 5.26 Å². The molecule has 3 heteroatoms. The fourth-order valence-electron chi connectivity index (χ4n) is 2.17. The van der Waals surface area contributed by atoms with E-state index in [2.05, 4.69) is 30.5 Å². The summed E-state index contributed by atoms with van der Waals surface area (Å²) in [4.78, 5) is 0. The Labute approximate surface area is 111 Å². The first-order valence-corrected chi connectivity index (χ1v) is 9.58. The molecule has 0 aliphatic carbocycles. The van der Waals surface area contributed by atoms with Gasteiger partial charge in [0.2, 0.25) is 0 Å². The van der Waals surface area contributed by atoms with Gasteiger partial charge < -0.3 is 0 Å². The van der Waals surface area contributed by atoms with Gasteiger partial charge in [-0.2, -0.15) is 0 Å². The van der Waals surface area contributed by atoms with Gasteiger partial charge >= 0.3 is 112 Å². The normalized spacial score (nSPS) is 16.3. The van der Waals surface area contributed by atoms with Crippen LogP contribution in [0.2, 0.25) is 4.18 Å². The molecule has 79 valence electrons. The second-order valence-corrected chi connectivity index (χ2v) is 8.47. The zero-order valence-corrected chi connectivity index (χ0v) is 12.6. The van der Waals surface area contributed by atoms with Crippen LogP contribution in [0.3, 0.4) is 0 Å². The van der Waals surface area contributed by atoms with Crippen LogP contribution in [0.1, 0.15) is 5.56 Å². The van der Waals surface area contributed by atoms with Gasteiger partial charge in [-0.1, -0.05) is 0 Å². The Morgan fingerprint density at radius 2 is 2.24 bits per heavy atom. The Balaban J connectivity index is 2.20. The van der Waals surface area contributed by atoms with Crippen LogP contribution in [0.5, 0.6) is 0 Å². The summed E-state index contributed by atoms with van der Waals surface area (Å²) in [6.07, 6.45) is 10.9. The molecule has 17 heavy (non-hydrogen) atoms. The summed E-state index contributed by atoms with van der Waals surface area (Å²) < 4.78 is 4.49. The summed E-state index contributed by atoms with van der Waals surface area (Å²) >= 11 is -0.532. The SMILES string of the molecule is N#Cn1cc(/C=[C]2\C=C[CH2][In]2)c2ccccc21. The van der Waals surface area contributed by atoms with Gasteiger partial charge in [-0.25, -0.2) is 0 Å². The first-order chi connectivity index (χ1) is 8.38. The summed E-state index contributed by atoms with van der Waals surface area (Å²) in [5, 5.41) is 10.3. The van der Waals surface area contributed by atoms with Crippen molar-refractivity contribution in [2.45, 2.75) is 4.18 Å². The molecule has 0 amide bonds. The van der Waals surface area contributed by atoms with E-state index in [-0.39, 0.29) is 0 Å². The van der Waals surface area contributed by atoms with Gasteiger partial charge in [-0.15, -0.1) is 0 Å². The van der Waals surface area contributed by atoms with Crippen molar-refractivity contribution < 1.29 is 0 Å². The van der Waals surface area contributed by atoms with Gasteiger partial charge in [0.25, 0.3) is 0 Å². The molecule has 2 aromatic rings. The number of aromatic nitrogens is 1. The summed E-state index contributed by atoms with van der Waals surface area (Å²) in [6, 6.07) is 8.08. The fourth-order valence-corrected chi connectivity index (χ4v) is 5.35. The van der Waals surface area contributed by atoms with Crippen molar-refractivity contribution in [3.63, 3.8) is 0 Å². The van der Waals surface area contributed by atoms with Crippen molar-refractivity contribution in [3.05, 3.63) is 51.5 Å². The molecule has 1 aromatic heterocycles. The summed E-state index contributed by atoms with van der Waals surface area (Å²) in [5.41, 5.74) is 2.17. The first-order valence-electron chi connectivity index (χ1n) is 5.60. The molecule has 0 saturated heterocycles. The van der Waals surface area contributed by atoms with Crippen molar-refractivity contribution in [3.8, 4) is 6.19 Å². The van der Waals surface area contributed by atoms with Gasteiger partial charge in [0, 0.05) is 0 Å². The van der Waals surface area contributed by atoms with Crippen LogP contribution in [0, 0.1) is 11.5 Å². The van der Waals surface area contributed by atoms with Crippen molar-refractivity contribution in [1.82, 2.24) is 4.57 Å². The number of nitrogens with zero attached hydrogens (tertiary/aromatic N) is 2. The predicted octanol–water partition coefficient (Wildman–Crippen LogP) is 3.00. The molecule has 1 aliphatic rings. The van der Waals surface area contributed by atoms with Gasteiger partial charge in [-0.3, -0.25) is 0 Å². The predicted molar refractivity (Wildman–Crippen MR) is 70.6 cm³/mol. The van der Waals surface area contributed by atoms with E-state index >= 15 is 0 Å². The Kier molecular flexibility index (Phi) is 2.82. The average Bonchev–Trinajstić information content (AvgIpc) is 2.98. The van der Waals surface area contributed by atoms with Crippen LogP contribution in [-0.2, 0) is 0 Å². The average molecular weight is 321 g/mol. The van der Waals surface area contributed by atoms with E-state index in [1.807, 2.05) is 24.4 Å². The zero-order chi connectivity index (χ0) is 11.7. The molecule has 3 rings (SSSR count). The maximum absolute atomic E-state index is 9.10. The molecule has 2 nitrogen and oxygen atoms in total. The molecule has 1 radical (unpaired) electrons. The number of rotatable bonds is 1. The Morgan fingerprint density at radius 1 is 1.35 bits per heavy atom. The standard InChI is InChI=1S/C14H10N2.In/c1-2-3-4-7-12-10-16(11-15)14-9-6-5-8-13(12)14;/h2-3,5-10H,1H2;. The number of nitriles is 1. The first kappa shape index (κ1) is 10.7. The summed E-state index contributed by atoms with van der Waals surface area (Å²) in [5.74, 6) is 0. The molecular formula is C14H10InN2. The van der Waals surface area contributed by atoms with Crippen LogP contribution in [-0.4, -0.2) is 27.5 Å². The fraction of sp³-hybridized carbons (Fsp3) is 0.0714. The van der Waals surface area contributed by atoms with E-state index in [0.717, 1.165) is 5.52 Å². The molecule has 1 aromatic carbocycles. The van der Waals surface area contributed by atoms with E-state index in [0.29, 0.717) is 0 Å². The molecule has 0 atom stereocenters. The molecule has 0 bridgehead atoms. The van der Waals surface area contributed by atoms with E-state index in [1.165, 1.54) is 18.5 Å².